The third kappa shape index (κ3) is 45.2. The highest BCUT2D eigenvalue weighted by Gasteiger charge is 2.28. The Labute approximate surface area is 397 Å². The van der Waals surface area contributed by atoms with Crippen LogP contribution in [0.3, 0.4) is 0 Å². The number of aliphatic hydroxyl groups excluding tert-OH is 4. The predicted molar refractivity (Wildman–Crippen MR) is 279 cm³/mol. The summed E-state index contributed by atoms with van der Waals surface area (Å²) in [5.74, 6) is -0.600. The average Bonchev–Trinajstić information content (AvgIpc) is 3.30. The van der Waals surface area contributed by atoms with Crippen LogP contribution < -0.4 is 5.32 Å². The van der Waals surface area contributed by atoms with E-state index in [0.29, 0.717) is 19.3 Å². The Morgan fingerprint density at radius 2 is 0.750 bits per heavy atom. The SMILES string of the molecule is CC/C=C\C/C=C\CCCCCCCCCCCCCCCC(O)C(=O)NC(CO)C(O)C(O)CCC/C=C/CC/C=C/CC/C=C/CCCCCCCCCCCCCCCCC. The molecule has 0 aliphatic heterocycles. The third-order valence-electron chi connectivity index (χ3n) is 12.7. The Hall–Kier alpha value is -1.99. The lowest BCUT2D eigenvalue weighted by atomic mass is 10.00. The number of aliphatic hydroxyl groups is 4. The normalized spacial score (nSPS) is 14.3. The number of nitrogens with one attached hydrogen (secondary N) is 1. The second kappa shape index (κ2) is 52.0. The Kier molecular flexibility index (Phi) is 50.4. The van der Waals surface area contributed by atoms with Crippen molar-refractivity contribution in [2.45, 2.75) is 295 Å². The van der Waals surface area contributed by atoms with Crippen LogP contribution in [0.4, 0.5) is 0 Å². The predicted octanol–water partition coefficient (Wildman–Crippen LogP) is 16.0. The fourth-order valence-corrected chi connectivity index (χ4v) is 8.36. The molecule has 0 rings (SSSR count). The summed E-state index contributed by atoms with van der Waals surface area (Å²) in [5.41, 5.74) is 0. The maximum absolute atomic E-state index is 12.6. The Morgan fingerprint density at radius 1 is 0.406 bits per heavy atom. The van der Waals surface area contributed by atoms with E-state index in [1.165, 1.54) is 173 Å². The summed E-state index contributed by atoms with van der Waals surface area (Å²) in [5, 5.41) is 43.9. The smallest absolute Gasteiger partial charge is 0.249 e. The monoisotopic (exact) mass is 898 g/mol. The zero-order valence-corrected chi connectivity index (χ0v) is 42.3. The first-order valence-electron chi connectivity index (χ1n) is 27.7. The van der Waals surface area contributed by atoms with Crippen LogP contribution in [0.2, 0.25) is 0 Å². The topological polar surface area (TPSA) is 110 Å². The van der Waals surface area contributed by atoms with Gasteiger partial charge in [-0.15, -0.1) is 0 Å². The van der Waals surface area contributed by atoms with E-state index in [2.05, 4.69) is 79.9 Å². The van der Waals surface area contributed by atoms with Gasteiger partial charge in [-0.2, -0.15) is 0 Å². The number of hydrogen-bond donors (Lipinski definition) is 5. The van der Waals surface area contributed by atoms with Gasteiger partial charge in [0.1, 0.15) is 12.2 Å². The molecule has 0 aliphatic rings. The molecule has 0 fully saturated rings. The van der Waals surface area contributed by atoms with Crippen molar-refractivity contribution < 1.29 is 25.2 Å². The van der Waals surface area contributed by atoms with Gasteiger partial charge in [-0.3, -0.25) is 4.79 Å². The second-order valence-corrected chi connectivity index (χ2v) is 18.9. The molecule has 6 heteroatoms. The van der Waals surface area contributed by atoms with Crippen molar-refractivity contribution in [2.75, 3.05) is 6.61 Å². The van der Waals surface area contributed by atoms with Crippen LogP contribution in [-0.2, 0) is 4.79 Å². The van der Waals surface area contributed by atoms with E-state index in [0.717, 1.165) is 64.2 Å². The molecule has 64 heavy (non-hydrogen) atoms. The van der Waals surface area contributed by atoms with E-state index < -0.39 is 36.9 Å². The lowest BCUT2D eigenvalue weighted by Gasteiger charge is -2.27. The Balaban J connectivity index is 3.72. The summed E-state index contributed by atoms with van der Waals surface area (Å²) < 4.78 is 0. The first-order valence-corrected chi connectivity index (χ1v) is 27.7. The fourth-order valence-electron chi connectivity index (χ4n) is 8.36. The fraction of sp³-hybridized carbons (Fsp3) is 0.810. The molecule has 374 valence electrons. The van der Waals surface area contributed by atoms with Gasteiger partial charge in [-0.1, -0.05) is 242 Å². The standard InChI is InChI=1S/C58H107NO5/c1-3-5-7-9-11-13-15-17-19-21-23-25-26-27-28-29-30-31-32-34-35-37-39-41-43-45-47-49-51-55(61)57(63)54(53-60)59-58(64)56(62)52-50-48-46-44-42-40-38-36-33-24-22-20-18-16-14-12-10-8-6-4-2/h6,8,12,14,30-31,35,37,43,45,54-57,60-63H,3-5,7,9-11,13,15-29,32-34,36,38-42,44,46-53H2,1-2H3,(H,59,64)/b8-6-,14-12-,31-30+,37-35+,45-43+. The van der Waals surface area contributed by atoms with Gasteiger partial charge >= 0.3 is 0 Å². The molecule has 5 N–H and O–H groups in total. The van der Waals surface area contributed by atoms with Crippen LogP contribution in [0.15, 0.2) is 60.8 Å². The molecule has 0 aromatic rings. The molecule has 0 saturated heterocycles. The molecule has 0 aromatic carbocycles. The van der Waals surface area contributed by atoms with Crippen molar-refractivity contribution in [1.29, 1.82) is 0 Å². The quantitative estimate of drug-likeness (QED) is 0.0309. The first-order chi connectivity index (χ1) is 31.5. The summed E-state index contributed by atoms with van der Waals surface area (Å²) in [6.07, 6.45) is 67.2. The zero-order valence-electron chi connectivity index (χ0n) is 42.3. The van der Waals surface area contributed by atoms with E-state index in [1.54, 1.807) is 0 Å². The molecule has 0 saturated carbocycles. The van der Waals surface area contributed by atoms with Gasteiger partial charge in [0.05, 0.1) is 18.8 Å². The van der Waals surface area contributed by atoms with Crippen molar-refractivity contribution in [3.05, 3.63) is 60.8 Å². The van der Waals surface area contributed by atoms with Gasteiger partial charge in [-0.05, 0) is 89.9 Å². The molecule has 0 heterocycles. The van der Waals surface area contributed by atoms with Crippen molar-refractivity contribution in [2.24, 2.45) is 0 Å². The van der Waals surface area contributed by atoms with Gasteiger partial charge in [0.25, 0.3) is 0 Å². The maximum atomic E-state index is 12.6. The highest BCUT2D eigenvalue weighted by molar-refractivity contribution is 5.80. The molecule has 0 spiro atoms. The first kappa shape index (κ1) is 62.0. The molecule has 0 aliphatic carbocycles. The number of rotatable bonds is 50. The molecular weight excluding hydrogens is 791 g/mol. The average molecular weight is 898 g/mol. The molecule has 6 nitrogen and oxygen atoms in total. The molecule has 0 radical (unpaired) electrons. The minimum Gasteiger partial charge on any atom is -0.394 e. The summed E-state index contributed by atoms with van der Waals surface area (Å²) in [6, 6.07) is -1.01. The molecule has 0 aromatic heterocycles. The maximum Gasteiger partial charge on any atom is 0.249 e. The van der Waals surface area contributed by atoms with Crippen LogP contribution in [0.25, 0.3) is 0 Å². The van der Waals surface area contributed by atoms with E-state index in [-0.39, 0.29) is 0 Å². The van der Waals surface area contributed by atoms with Crippen molar-refractivity contribution in [3.8, 4) is 0 Å². The number of allylic oxidation sites excluding steroid dienone is 10. The summed E-state index contributed by atoms with van der Waals surface area (Å²) in [6.45, 7) is 3.96. The van der Waals surface area contributed by atoms with Crippen LogP contribution in [0, 0.1) is 0 Å². The molecular formula is C58H107NO5. The van der Waals surface area contributed by atoms with Gasteiger partial charge in [0, 0.05) is 0 Å². The number of amides is 1. The molecule has 4 atom stereocenters. The Morgan fingerprint density at radius 3 is 1.16 bits per heavy atom. The number of unbranched alkanes of at least 4 members (excludes halogenated alkanes) is 31. The van der Waals surface area contributed by atoms with Gasteiger partial charge in [0.2, 0.25) is 5.91 Å². The highest BCUT2D eigenvalue weighted by atomic mass is 16.3. The van der Waals surface area contributed by atoms with Crippen LogP contribution in [-0.4, -0.2) is 57.3 Å². The van der Waals surface area contributed by atoms with Gasteiger partial charge < -0.3 is 25.7 Å². The third-order valence-corrected chi connectivity index (χ3v) is 12.7. The summed E-state index contributed by atoms with van der Waals surface area (Å²) in [4.78, 5) is 12.6. The van der Waals surface area contributed by atoms with Crippen LogP contribution in [0.5, 0.6) is 0 Å². The van der Waals surface area contributed by atoms with Crippen molar-refractivity contribution in [3.63, 3.8) is 0 Å². The summed E-state index contributed by atoms with van der Waals surface area (Å²) >= 11 is 0. The van der Waals surface area contributed by atoms with Gasteiger partial charge in [-0.25, -0.2) is 0 Å². The van der Waals surface area contributed by atoms with Crippen LogP contribution >= 0.6 is 0 Å². The van der Waals surface area contributed by atoms with Gasteiger partial charge in [0.15, 0.2) is 0 Å². The number of carbonyl (C=O) groups is 1. The van der Waals surface area contributed by atoms with E-state index >= 15 is 0 Å². The molecule has 1 amide bonds. The van der Waals surface area contributed by atoms with Crippen molar-refractivity contribution in [1.82, 2.24) is 5.32 Å². The highest BCUT2D eigenvalue weighted by Crippen LogP contribution is 2.17. The second-order valence-electron chi connectivity index (χ2n) is 18.9. The summed E-state index contributed by atoms with van der Waals surface area (Å²) in [7, 11) is 0. The zero-order chi connectivity index (χ0) is 46.7. The lowest BCUT2D eigenvalue weighted by Crippen LogP contribution is -2.53. The van der Waals surface area contributed by atoms with Crippen LogP contribution in [0.1, 0.15) is 271 Å². The van der Waals surface area contributed by atoms with E-state index in [9.17, 15) is 25.2 Å². The van der Waals surface area contributed by atoms with E-state index in [4.69, 9.17) is 0 Å². The molecule has 4 unspecified atom stereocenters. The molecule has 0 bridgehead atoms. The number of hydrogen-bond acceptors (Lipinski definition) is 5. The largest absolute Gasteiger partial charge is 0.394 e. The van der Waals surface area contributed by atoms with Crippen molar-refractivity contribution >= 4 is 5.91 Å². The minimum atomic E-state index is -1.30. The number of carbonyl (C=O) groups excluding carboxylic acids is 1. The minimum absolute atomic E-state index is 0.355. The lowest BCUT2D eigenvalue weighted by molar-refractivity contribution is -0.132. The Bertz CT molecular complexity index is 1100. The van der Waals surface area contributed by atoms with E-state index in [1.807, 2.05) is 0 Å².